The molecular formula is C16H12F3NO. The van der Waals surface area contributed by atoms with E-state index in [9.17, 15) is 13.2 Å². The van der Waals surface area contributed by atoms with Crippen LogP contribution in [-0.2, 0) is 6.42 Å². The molecule has 108 valence electrons. The van der Waals surface area contributed by atoms with E-state index in [4.69, 9.17) is 0 Å². The van der Waals surface area contributed by atoms with Gasteiger partial charge in [-0.15, -0.1) is 13.2 Å². The molecule has 2 aromatic rings. The van der Waals surface area contributed by atoms with Crippen LogP contribution in [0.15, 0.2) is 53.5 Å². The highest BCUT2D eigenvalue weighted by molar-refractivity contribution is 6.14. The van der Waals surface area contributed by atoms with Gasteiger partial charge in [-0.1, -0.05) is 24.3 Å². The van der Waals surface area contributed by atoms with Gasteiger partial charge in [0.1, 0.15) is 5.75 Å². The van der Waals surface area contributed by atoms with Crippen molar-refractivity contribution in [1.29, 1.82) is 0 Å². The summed E-state index contributed by atoms with van der Waals surface area (Å²) in [5.41, 5.74) is 3.85. The smallest absolute Gasteiger partial charge is 0.406 e. The van der Waals surface area contributed by atoms with Crippen LogP contribution in [0.2, 0.25) is 0 Å². The van der Waals surface area contributed by atoms with Gasteiger partial charge >= 0.3 is 6.36 Å². The molecule has 0 unspecified atom stereocenters. The summed E-state index contributed by atoms with van der Waals surface area (Å²) in [6.07, 6.45) is -3.79. The van der Waals surface area contributed by atoms with Crippen LogP contribution in [-0.4, -0.2) is 18.6 Å². The Kier molecular flexibility index (Phi) is 3.41. The van der Waals surface area contributed by atoms with Crippen molar-refractivity contribution in [3.8, 4) is 5.75 Å². The molecule has 0 amide bonds. The fourth-order valence-corrected chi connectivity index (χ4v) is 2.40. The molecule has 0 N–H and O–H groups in total. The average Bonchev–Trinajstić information content (AvgIpc) is 2.46. The lowest BCUT2D eigenvalue weighted by atomic mass is 9.93. The number of fused-ring (bicyclic) bond motifs is 1. The van der Waals surface area contributed by atoms with Crippen molar-refractivity contribution in [2.45, 2.75) is 12.8 Å². The third-order valence-corrected chi connectivity index (χ3v) is 3.28. The van der Waals surface area contributed by atoms with Gasteiger partial charge in [-0.3, -0.25) is 4.99 Å². The maximum Gasteiger partial charge on any atom is 0.573 e. The van der Waals surface area contributed by atoms with Crippen molar-refractivity contribution in [1.82, 2.24) is 0 Å². The Hall–Kier alpha value is -2.30. The molecule has 1 heterocycles. The van der Waals surface area contributed by atoms with Crippen molar-refractivity contribution < 1.29 is 17.9 Å². The zero-order valence-corrected chi connectivity index (χ0v) is 11.0. The first-order valence-corrected chi connectivity index (χ1v) is 6.52. The lowest BCUT2D eigenvalue weighted by Gasteiger charge is -2.17. The number of benzene rings is 2. The lowest BCUT2D eigenvalue weighted by Crippen LogP contribution is -2.17. The van der Waals surface area contributed by atoms with E-state index in [-0.39, 0.29) is 5.75 Å². The molecule has 0 aromatic heterocycles. The van der Waals surface area contributed by atoms with Crippen LogP contribution in [0.5, 0.6) is 5.75 Å². The molecule has 3 rings (SSSR count). The number of nitrogens with zero attached hydrogens (tertiary/aromatic N) is 1. The SMILES string of the molecule is FC(F)(F)Oc1ccc(C2=NCCc3ccccc32)cc1. The minimum absolute atomic E-state index is 0.226. The van der Waals surface area contributed by atoms with Crippen LogP contribution in [0, 0.1) is 0 Å². The Bertz CT molecular complexity index is 675. The minimum Gasteiger partial charge on any atom is -0.406 e. The first-order valence-electron chi connectivity index (χ1n) is 6.52. The Labute approximate surface area is 119 Å². The first kappa shape index (κ1) is 13.7. The molecular weight excluding hydrogens is 279 g/mol. The van der Waals surface area contributed by atoms with Gasteiger partial charge < -0.3 is 4.74 Å². The van der Waals surface area contributed by atoms with Gasteiger partial charge in [0.25, 0.3) is 0 Å². The van der Waals surface area contributed by atoms with Gasteiger partial charge in [-0.25, -0.2) is 0 Å². The van der Waals surface area contributed by atoms with Crippen LogP contribution >= 0.6 is 0 Å². The van der Waals surface area contributed by atoms with Gasteiger partial charge in [-0.2, -0.15) is 0 Å². The second-order valence-corrected chi connectivity index (χ2v) is 4.71. The quantitative estimate of drug-likeness (QED) is 0.820. The van der Waals surface area contributed by atoms with E-state index in [1.165, 1.54) is 17.7 Å². The highest BCUT2D eigenvalue weighted by Gasteiger charge is 2.31. The van der Waals surface area contributed by atoms with Crippen molar-refractivity contribution >= 4 is 5.71 Å². The van der Waals surface area contributed by atoms with Crippen LogP contribution in [0.1, 0.15) is 16.7 Å². The molecule has 0 atom stereocenters. The summed E-state index contributed by atoms with van der Waals surface area (Å²) in [6.45, 7) is 0.688. The fraction of sp³-hybridized carbons (Fsp3) is 0.188. The monoisotopic (exact) mass is 291 g/mol. The maximum atomic E-state index is 12.1. The van der Waals surface area contributed by atoms with Gasteiger partial charge in [-0.05, 0) is 36.2 Å². The molecule has 21 heavy (non-hydrogen) atoms. The molecule has 1 aliphatic heterocycles. The molecule has 1 aliphatic rings. The van der Waals surface area contributed by atoms with E-state index in [1.54, 1.807) is 12.1 Å². The summed E-state index contributed by atoms with van der Waals surface area (Å²) < 4.78 is 40.3. The minimum atomic E-state index is -4.67. The zero-order chi connectivity index (χ0) is 14.9. The van der Waals surface area contributed by atoms with E-state index >= 15 is 0 Å². The Morgan fingerprint density at radius 3 is 2.38 bits per heavy atom. The van der Waals surface area contributed by atoms with Crippen molar-refractivity contribution in [3.63, 3.8) is 0 Å². The highest BCUT2D eigenvalue weighted by atomic mass is 19.4. The third kappa shape index (κ3) is 3.07. The molecule has 0 saturated heterocycles. The number of hydrogen-bond donors (Lipinski definition) is 0. The summed E-state index contributed by atoms with van der Waals surface area (Å²) in [5, 5.41) is 0. The predicted octanol–water partition coefficient (Wildman–Crippen LogP) is 3.98. The number of alkyl halides is 3. The number of ether oxygens (including phenoxy) is 1. The molecule has 5 heteroatoms. The van der Waals surface area contributed by atoms with Gasteiger partial charge in [0.05, 0.1) is 5.71 Å². The molecule has 0 aliphatic carbocycles. The molecule has 2 nitrogen and oxygen atoms in total. The molecule has 0 spiro atoms. The number of halogens is 3. The fourth-order valence-electron chi connectivity index (χ4n) is 2.40. The van der Waals surface area contributed by atoms with Crippen molar-refractivity contribution in [3.05, 3.63) is 65.2 Å². The predicted molar refractivity (Wildman–Crippen MR) is 73.8 cm³/mol. The van der Waals surface area contributed by atoms with Crippen LogP contribution in [0.25, 0.3) is 0 Å². The molecule has 2 aromatic carbocycles. The molecule has 0 radical (unpaired) electrons. The van der Waals surface area contributed by atoms with Crippen LogP contribution in [0.4, 0.5) is 13.2 Å². The average molecular weight is 291 g/mol. The maximum absolute atomic E-state index is 12.1. The summed E-state index contributed by atoms with van der Waals surface area (Å²) in [6, 6.07) is 13.7. The van der Waals surface area contributed by atoms with E-state index in [1.807, 2.05) is 24.3 Å². The Morgan fingerprint density at radius 2 is 1.67 bits per heavy atom. The number of hydrogen-bond acceptors (Lipinski definition) is 2. The summed E-state index contributed by atoms with van der Waals surface area (Å²) in [4.78, 5) is 4.50. The third-order valence-electron chi connectivity index (χ3n) is 3.28. The first-order chi connectivity index (χ1) is 10.0. The van der Waals surface area contributed by atoms with Crippen molar-refractivity contribution in [2.24, 2.45) is 4.99 Å². The van der Waals surface area contributed by atoms with E-state index in [0.29, 0.717) is 6.54 Å². The lowest BCUT2D eigenvalue weighted by molar-refractivity contribution is -0.274. The zero-order valence-electron chi connectivity index (χ0n) is 11.0. The van der Waals surface area contributed by atoms with Crippen LogP contribution in [0.3, 0.4) is 0 Å². The number of aliphatic imine (C=N–C) groups is 1. The second-order valence-electron chi connectivity index (χ2n) is 4.71. The van der Waals surface area contributed by atoms with Crippen LogP contribution < -0.4 is 4.74 Å². The number of rotatable bonds is 2. The van der Waals surface area contributed by atoms with E-state index < -0.39 is 6.36 Å². The summed E-state index contributed by atoms with van der Waals surface area (Å²) >= 11 is 0. The summed E-state index contributed by atoms with van der Waals surface area (Å²) in [5.74, 6) is -0.226. The molecule has 0 fully saturated rings. The Morgan fingerprint density at radius 1 is 0.952 bits per heavy atom. The van der Waals surface area contributed by atoms with Gasteiger partial charge in [0, 0.05) is 17.7 Å². The standard InChI is InChI=1S/C16H12F3NO/c17-16(18,19)21-13-7-5-12(6-8-13)15-14-4-2-1-3-11(14)9-10-20-15/h1-8H,9-10H2. The topological polar surface area (TPSA) is 21.6 Å². The van der Waals surface area contributed by atoms with Gasteiger partial charge in [0.15, 0.2) is 0 Å². The largest absolute Gasteiger partial charge is 0.573 e. The molecule has 0 bridgehead atoms. The highest BCUT2D eigenvalue weighted by Crippen LogP contribution is 2.25. The molecule has 0 saturated carbocycles. The second kappa shape index (κ2) is 5.24. The normalized spacial score (nSPS) is 14.3. The van der Waals surface area contributed by atoms with E-state index in [2.05, 4.69) is 9.73 Å². The summed E-state index contributed by atoms with van der Waals surface area (Å²) in [7, 11) is 0. The van der Waals surface area contributed by atoms with Crippen molar-refractivity contribution in [2.75, 3.05) is 6.54 Å². The van der Waals surface area contributed by atoms with E-state index in [0.717, 1.165) is 23.3 Å². The Balaban J connectivity index is 1.90. The van der Waals surface area contributed by atoms with Gasteiger partial charge in [0.2, 0.25) is 0 Å².